The summed E-state index contributed by atoms with van der Waals surface area (Å²) in [5, 5.41) is 0. The second-order valence-corrected chi connectivity index (χ2v) is 2.20. The van der Waals surface area contributed by atoms with Gasteiger partial charge in [0.2, 0.25) is 0 Å². The molecular weight excluding hydrogens is 122 g/mol. The smallest absolute Gasteiger partial charge is 0.0276 e. The molecule has 1 nitrogen and oxygen atoms in total. The van der Waals surface area contributed by atoms with Gasteiger partial charge in [-0.3, -0.25) is 4.99 Å². The molecule has 0 spiro atoms. The van der Waals surface area contributed by atoms with E-state index in [4.69, 9.17) is 6.42 Å². The molecule has 10 heavy (non-hydrogen) atoms. The van der Waals surface area contributed by atoms with Crippen LogP contribution >= 0.6 is 0 Å². The van der Waals surface area contributed by atoms with Crippen LogP contribution in [-0.2, 0) is 0 Å². The molecular formula is C9H15N. The minimum absolute atomic E-state index is 0.874. The zero-order chi connectivity index (χ0) is 7.82. The molecule has 0 rings (SSSR count). The first kappa shape index (κ1) is 9.23. The lowest BCUT2D eigenvalue weighted by Crippen LogP contribution is -1.94. The number of rotatable bonds is 4. The van der Waals surface area contributed by atoms with Crippen molar-refractivity contribution in [2.75, 3.05) is 7.05 Å². The van der Waals surface area contributed by atoms with Gasteiger partial charge in [0.15, 0.2) is 0 Å². The van der Waals surface area contributed by atoms with Crippen LogP contribution in [0, 0.1) is 12.3 Å². The number of unbranched alkanes of at least 4 members (excludes halogenated alkanes) is 1. The first-order chi connectivity index (χ1) is 4.85. The van der Waals surface area contributed by atoms with Crippen molar-refractivity contribution in [3.63, 3.8) is 0 Å². The van der Waals surface area contributed by atoms with Gasteiger partial charge in [0.1, 0.15) is 0 Å². The van der Waals surface area contributed by atoms with E-state index in [1.54, 1.807) is 0 Å². The molecule has 1 heteroatoms. The quantitative estimate of drug-likeness (QED) is 0.320. The number of hydrogen-bond donors (Lipinski definition) is 0. The highest BCUT2D eigenvalue weighted by Crippen LogP contribution is 1.99. The zero-order valence-electron chi connectivity index (χ0n) is 6.85. The molecule has 0 aromatic heterocycles. The summed E-state index contributed by atoms with van der Waals surface area (Å²) in [6.45, 7) is 2.12. The minimum atomic E-state index is 0.874. The third-order valence-corrected chi connectivity index (χ3v) is 1.51. The van der Waals surface area contributed by atoms with Crippen LogP contribution in [0.3, 0.4) is 0 Å². The van der Waals surface area contributed by atoms with Crippen LogP contribution < -0.4 is 0 Å². The first-order valence-corrected chi connectivity index (χ1v) is 3.73. The molecule has 0 aromatic rings. The third-order valence-electron chi connectivity index (χ3n) is 1.51. The second kappa shape index (κ2) is 6.35. The molecule has 0 fully saturated rings. The minimum Gasteiger partial charge on any atom is -0.297 e. The van der Waals surface area contributed by atoms with Crippen molar-refractivity contribution in [1.82, 2.24) is 0 Å². The average molecular weight is 137 g/mol. The van der Waals surface area contributed by atoms with Crippen LogP contribution in [-0.4, -0.2) is 12.8 Å². The van der Waals surface area contributed by atoms with Crippen LogP contribution in [0.4, 0.5) is 0 Å². The highest BCUT2D eigenvalue weighted by atomic mass is 14.7. The van der Waals surface area contributed by atoms with Gasteiger partial charge in [0.25, 0.3) is 0 Å². The number of terminal acetylenes is 1. The van der Waals surface area contributed by atoms with Gasteiger partial charge in [-0.25, -0.2) is 0 Å². The van der Waals surface area contributed by atoms with Gasteiger partial charge < -0.3 is 0 Å². The lowest BCUT2D eigenvalue weighted by atomic mass is 10.1. The fourth-order valence-corrected chi connectivity index (χ4v) is 0.841. The summed E-state index contributed by atoms with van der Waals surface area (Å²) in [7, 11) is 1.84. The molecule has 0 saturated heterocycles. The van der Waals surface area contributed by atoms with E-state index in [9.17, 15) is 0 Å². The fourth-order valence-electron chi connectivity index (χ4n) is 0.841. The molecule has 0 aliphatic carbocycles. The van der Waals surface area contributed by atoms with Crippen molar-refractivity contribution < 1.29 is 0 Å². The normalized spacial score (nSPS) is 11.1. The topological polar surface area (TPSA) is 12.4 Å². The SMILES string of the molecule is C#CCCCC(CC)=NC. The predicted molar refractivity (Wildman–Crippen MR) is 46.3 cm³/mol. The summed E-state index contributed by atoms with van der Waals surface area (Å²) in [6.07, 6.45) is 9.19. The van der Waals surface area contributed by atoms with E-state index in [2.05, 4.69) is 17.8 Å². The number of hydrogen-bond acceptors (Lipinski definition) is 1. The molecule has 0 aliphatic heterocycles. The van der Waals surface area contributed by atoms with Crippen molar-refractivity contribution in [2.45, 2.75) is 32.6 Å². The summed E-state index contributed by atoms with van der Waals surface area (Å²) in [5.41, 5.74) is 1.27. The van der Waals surface area contributed by atoms with E-state index >= 15 is 0 Å². The van der Waals surface area contributed by atoms with Crippen LogP contribution in [0.25, 0.3) is 0 Å². The number of aliphatic imine (C=N–C) groups is 1. The molecule has 0 N–H and O–H groups in total. The maximum absolute atomic E-state index is 5.11. The van der Waals surface area contributed by atoms with E-state index in [-0.39, 0.29) is 0 Å². The third kappa shape index (κ3) is 4.14. The predicted octanol–water partition coefficient (Wildman–Crippen LogP) is 2.27. The van der Waals surface area contributed by atoms with Gasteiger partial charge in [0.05, 0.1) is 0 Å². The second-order valence-electron chi connectivity index (χ2n) is 2.20. The van der Waals surface area contributed by atoms with Gasteiger partial charge in [-0.1, -0.05) is 6.92 Å². The van der Waals surface area contributed by atoms with Gasteiger partial charge >= 0.3 is 0 Å². The van der Waals surface area contributed by atoms with E-state index in [0.29, 0.717) is 0 Å². The molecule has 56 valence electrons. The molecule has 0 bridgehead atoms. The molecule has 0 unspecified atom stereocenters. The van der Waals surface area contributed by atoms with Crippen LogP contribution in [0.2, 0.25) is 0 Å². The summed E-state index contributed by atoms with van der Waals surface area (Å²) in [6, 6.07) is 0. The Kier molecular flexibility index (Phi) is 5.86. The van der Waals surface area contributed by atoms with E-state index in [0.717, 1.165) is 25.7 Å². The summed E-state index contributed by atoms with van der Waals surface area (Å²) >= 11 is 0. The standard InChI is InChI=1S/C9H15N/c1-4-6-7-8-9(5-2)10-3/h1H,5-8H2,2-3H3. The van der Waals surface area contributed by atoms with Gasteiger partial charge in [0, 0.05) is 19.2 Å². The van der Waals surface area contributed by atoms with E-state index < -0.39 is 0 Å². The molecule has 0 aromatic carbocycles. The van der Waals surface area contributed by atoms with Crippen molar-refractivity contribution >= 4 is 5.71 Å². The maximum Gasteiger partial charge on any atom is 0.0276 e. The molecule has 0 atom stereocenters. The number of nitrogens with zero attached hydrogens (tertiary/aromatic N) is 1. The highest BCUT2D eigenvalue weighted by molar-refractivity contribution is 5.83. The zero-order valence-corrected chi connectivity index (χ0v) is 6.85. The molecule has 0 saturated carbocycles. The van der Waals surface area contributed by atoms with Crippen molar-refractivity contribution in [1.29, 1.82) is 0 Å². The highest BCUT2D eigenvalue weighted by Gasteiger charge is 1.92. The fraction of sp³-hybridized carbons (Fsp3) is 0.667. The molecule has 0 heterocycles. The first-order valence-electron chi connectivity index (χ1n) is 3.73. The summed E-state index contributed by atoms with van der Waals surface area (Å²) in [4.78, 5) is 4.13. The van der Waals surface area contributed by atoms with E-state index in [1.807, 2.05) is 7.05 Å². The Hall–Kier alpha value is -0.770. The van der Waals surface area contributed by atoms with Crippen LogP contribution in [0.1, 0.15) is 32.6 Å². The average Bonchev–Trinajstić information content (AvgIpc) is 1.99. The lowest BCUT2D eigenvalue weighted by molar-refractivity contribution is 0.895. The lowest BCUT2D eigenvalue weighted by Gasteiger charge is -1.98. The monoisotopic (exact) mass is 137 g/mol. The Morgan fingerprint density at radius 3 is 2.70 bits per heavy atom. The molecule has 0 amide bonds. The summed E-state index contributed by atoms with van der Waals surface area (Å²) in [5.74, 6) is 2.62. The largest absolute Gasteiger partial charge is 0.297 e. The van der Waals surface area contributed by atoms with Gasteiger partial charge in [-0.15, -0.1) is 12.3 Å². The summed E-state index contributed by atoms with van der Waals surface area (Å²) < 4.78 is 0. The van der Waals surface area contributed by atoms with Gasteiger partial charge in [-0.05, 0) is 19.3 Å². The van der Waals surface area contributed by atoms with Crippen LogP contribution in [0.15, 0.2) is 4.99 Å². The Labute approximate surface area is 63.6 Å². The maximum atomic E-state index is 5.11. The molecule has 0 aliphatic rings. The molecule has 0 radical (unpaired) electrons. The van der Waals surface area contributed by atoms with Crippen molar-refractivity contribution in [2.24, 2.45) is 4.99 Å². The Balaban J connectivity index is 3.39. The Morgan fingerprint density at radius 1 is 1.60 bits per heavy atom. The van der Waals surface area contributed by atoms with Crippen LogP contribution in [0.5, 0.6) is 0 Å². The van der Waals surface area contributed by atoms with Gasteiger partial charge in [-0.2, -0.15) is 0 Å². The van der Waals surface area contributed by atoms with E-state index in [1.165, 1.54) is 5.71 Å². The Bertz CT molecular complexity index is 139. The Morgan fingerprint density at radius 2 is 2.30 bits per heavy atom. The van der Waals surface area contributed by atoms with Crippen molar-refractivity contribution in [3.8, 4) is 12.3 Å². The van der Waals surface area contributed by atoms with Crippen molar-refractivity contribution in [3.05, 3.63) is 0 Å².